The van der Waals surface area contributed by atoms with Gasteiger partial charge in [0.25, 0.3) is 0 Å². The van der Waals surface area contributed by atoms with E-state index in [1.807, 2.05) is 24.1 Å². The molecule has 16 heavy (non-hydrogen) atoms. The summed E-state index contributed by atoms with van der Waals surface area (Å²) >= 11 is 0. The number of hydrogen-bond donors (Lipinski definition) is 1. The first-order valence-electron chi connectivity index (χ1n) is 5.06. The van der Waals surface area contributed by atoms with Gasteiger partial charge in [-0.2, -0.15) is 4.98 Å². The fourth-order valence-electron chi connectivity index (χ4n) is 1.38. The molecule has 0 aromatic carbocycles. The Hall–Kier alpha value is -1.33. The molecule has 1 atom stereocenters. The van der Waals surface area contributed by atoms with Crippen LogP contribution in [0.1, 0.15) is 0 Å². The van der Waals surface area contributed by atoms with Gasteiger partial charge in [-0.05, 0) is 6.07 Å². The van der Waals surface area contributed by atoms with Gasteiger partial charge in [0, 0.05) is 26.8 Å². The Bertz CT molecular complexity index is 320. The molecule has 5 nitrogen and oxygen atoms in total. The van der Waals surface area contributed by atoms with Gasteiger partial charge in [0.05, 0.1) is 19.8 Å². The Kier molecular flexibility index (Phi) is 5.01. The van der Waals surface area contributed by atoms with Crippen molar-refractivity contribution in [2.24, 2.45) is 0 Å². The fraction of sp³-hybridized carbons (Fsp3) is 0.545. The van der Waals surface area contributed by atoms with E-state index in [1.54, 1.807) is 20.3 Å². The second-order valence-electron chi connectivity index (χ2n) is 3.53. The molecule has 0 aliphatic carbocycles. The molecule has 0 aliphatic rings. The maximum atomic E-state index is 9.58. The molecule has 5 heteroatoms. The van der Waals surface area contributed by atoms with Crippen molar-refractivity contribution in [1.29, 1.82) is 0 Å². The van der Waals surface area contributed by atoms with E-state index in [2.05, 4.69) is 4.98 Å². The van der Waals surface area contributed by atoms with E-state index in [0.717, 1.165) is 5.82 Å². The molecule has 90 valence electrons. The summed E-state index contributed by atoms with van der Waals surface area (Å²) in [5.74, 6) is 1.32. The average Bonchev–Trinajstić information content (AvgIpc) is 2.29. The minimum atomic E-state index is -0.525. The number of nitrogens with zero attached hydrogens (tertiary/aromatic N) is 2. The van der Waals surface area contributed by atoms with Crippen LogP contribution in [-0.2, 0) is 4.74 Å². The molecule has 1 aromatic rings. The molecule has 1 heterocycles. The van der Waals surface area contributed by atoms with E-state index in [0.29, 0.717) is 19.0 Å². The highest BCUT2D eigenvalue weighted by Crippen LogP contribution is 2.14. The van der Waals surface area contributed by atoms with Gasteiger partial charge in [0.15, 0.2) is 0 Å². The van der Waals surface area contributed by atoms with Crippen LogP contribution in [0.3, 0.4) is 0 Å². The molecule has 0 saturated heterocycles. The Morgan fingerprint density at radius 1 is 1.44 bits per heavy atom. The second kappa shape index (κ2) is 6.30. The first-order valence-corrected chi connectivity index (χ1v) is 5.06. The quantitative estimate of drug-likeness (QED) is 0.767. The summed E-state index contributed by atoms with van der Waals surface area (Å²) < 4.78 is 9.90. The van der Waals surface area contributed by atoms with Gasteiger partial charge in [-0.1, -0.05) is 6.07 Å². The summed E-state index contributed by atoms with van der Waals surface area (Å²) in [4.78, 5) is 6.11. The monoisotopic (exact) mass is 226 g/mol. The topological polar surface area (TPSA) is 54.8 Å². The highest BCUT2D eigenvalue weighted by molar-refractivity contribution is 5.39. The lowest BCUT2D eigenvalue weighted by Gasteiger charge is -2.21. The first kappa shape index (κ1) is 12.7. The van der Waals surface area contributed by atoms with E-state index in [4.69, 9.17) is 9.47 Å². The van der Waals surface area contributed by atoms with Crippen molar-refractivity contribution in [2.45, 2.75) is 6.10 Å². The van der Waals surface area contributed by atoms with Crippen LogP contribution >= 0.6 is 0 Å². The Morgan fingerprint density at radius 3 is 2.81 bits per heavy atom. The number of aliphatic hydroxyl groups is 1. The summed E-state index contributed by atoms with van der Waals surface area (Å²) in [6, 6.07) is 5.51. The van der Waals surface area contributed by atoms with Crippen molar-refractivity contribution in [3.63, 3.8) is 0 Å². The van der Waals surface area contributed by atoms with Crippen molar-refractivity contribution in [2.75, 3.05) is 39.3 Å². The number of hydrogen-bond acceptors (Lipinski definition) is 5. The summed E-state index contributed by atoms with van der Waals surface area (Å²) in [6.07, 6.45) is -0.525. The number of rotatable bonds is 6. The zero-order chi connectivity index (χ0) is 12.0. The third-order valence-electron chi connectivity index (χ3n) is 2.15. The Balaban J connectivity index is 2.61. The molecule has 1 aromatic heterocycles. The van der Waals surface area contributed by atoms with Crippen LogP contribution in [0.25, 0.3) is 0 Å². The van der Waals surface area contributed by atoms with Crippen LogP contribution < -0.4 is 9.64 Å². The van der Waals surface area contributed by atoms with Crippen LogP contribution in [0.2, 0.25) is 0 Å². The summed E-state index contributed by atoms with van der Waals surface area (Å²) in [7, 11) is 5.00. The lowest BCUT2D eigenvalue weighted by Crippen LogP contribution is -2.32. The summed E-state index contributed by atoms with van der Waals surface area (Å²) in [5, 5.41) is 9.58. The third kappa shape index (κ3) is 3.67. The minimum Gasteiger partial charge on any atom is -0.481 e. The van der Waals surface area contributed by atoms with Crippen molar-refractivity contribution in [1.82, 2.24) is 4.98 Å². The van der Waals surface area contributed by atoms with Crippen LogP contribution in [0.5, 0.6) is 5.88 Å². The fourth-order valence-corrected chi connectivity index (χ4v) is 1.38. The van der Waals surface area contributed by atoms with E-state index in [9.17, 15) is 5.11 Å². The molecular weight excluding hydrogens is 208 g/mol. The maximum absolute atomic E-state index is 9.58. The lowest BCUT2D eigenvalue weighted by molar-refractivity contribution is 0.0694. The van der Waals surface area contributed by atoms with E-state index in [-0.39, 0.29) is 0 Å². The molecule has 0 radical (unpaired) electrons. The Morgan fingerprint density at radius 2 is 2.19 bits per heavy atom. The molecule has 0 amide bonds. The smallest absolute Gasteiger partial charge is 0.214 e. The standard InChI is InChI=1S/C11H18N2O3/c1-13(7-9(14)8-15-2)10-5-4-6-11(12-10)16-3/h4-6,9,14H,7-8H2,1-3H3. The van der Waals surface area contributed by atoms with E-state index >= 15 is 0 Å². The van der Waals surface area contributed by atoms with Crippen molar-refractivity contribution in [3.05, 3.63) is 18.2 Å². The highest BCUT2D eigenvalue weighted by atomic mass is 16.5. The normalized spacial score (nSPS) is 12.2. The van der Waals surface area contributed by atoms with Crippen molar-refractivity contribution in [3.8, 4) is 5.88 Å². The number of anilines is 1. The van der Waals surface area contributed by atoms with Crippen LogP contribution in [0.4, 0.5) is 5.82 Å². The predicted octanol–water partition coefficient (Wildman–Crippen LogP) is 0.534. The zero-order valence-corrected chi connectivity index (χ0v) is 9.88. The summed E-state index contributed by atoms with van der Waals surface area (Å²) in [5.41, 5.74) is 0. The largest absolute Gasteiger partial charge is 0.481 e. The van der Waals surface area contributed by atoms with Gasteiger partial charge in [-0.25, -0.2) is 0 Å². The molecule has 0 fully saturated rings. The molecule has 1 rings (SSSR count). The second-order valence-corrected chi connectivity index (χ2v) is 3.53. The number of pyridine rings is 1. The number of methoxy groups -OCH3 is 2. The molecule has 1 unspecified atom stereocenters. The highest BCUT2D eigenvalue weighted by Gasteiger charge is 2.09. The van der Waals surface area contributed by atoms with Gasteiger partial charge in [0.1, 0.15) is 5.82 Å². The molecule has 0 saturated carbocycles. The number of aliphatic hydroxyl groups excluding tert-OH is 1. The zero-order valence-electron chi connectivity index (χ0n) is 9.88. The van der Waals surface area contributed by atoms with Crippen molar-refractivity contribution < 1.29 is 14.6 Å². The van der Waals surface area contributed by atoms with Crippen LogP contribution in [0.15, 0.2) is 18.2 Å². The molecule has 0 bridgehead atoms. The third-order valence-corrected chi connectivity index (χ3v) is 2.15. The summed E-state index contributed by atoms with van der Waals surface area (Å²) in [6.45, 7) is 0.780. The number of aromatic nitrogens is 1. The van der Waals surface area contributed by atoms with Crippen molar-refractivity contribution >= 4 is 5.82 Å². The van der Waals surface area contributed by atoms with Gasteiger partial charge in [0.2, 0.25) is 5.88 Å². The lowest BCUT2D eigenvalue weighted by atomic mass is 10.3. The van der Waals surface area contributed by atoms with Gasteiger partial charge >= 0.3 is 0 Å². The van der Waals surface area contributed by atoms with Crippen LogP contribution in [0, 0.1) is 0 Å². The molecule has 1 N–H and O–H groups in total. The SMILES string of the molecule is COCC(O)CN(C)c1cccc(OC)n1. The van der Waals surface area contributed by atoms with Gasteiger partial charge < -0.3 is 19.5 Å². The number of ether oxygens (including phenoxy) is 2. The van der Waals surface area contributed by atoms with Gasteiger partial charge in [-0.3, -0.25) is 0 Å². The molecule has 0 spiro atoms. The average molecular weight is 226 g/mol. The van der Waals surface area contributed by atoms with Crippen LogP contribution in [-0.4, -0.2) is 50.6 Å². The molecular formula is C11H18N2O3. The maximum Gasteiger partial charge on any atom is 0.214 e. The van der Waals surface area contributed by atoms with Gasteiger partial charge in [-0.15, -0.1) is 0 Å². The van der Waals surface area contributed by atoms with E-state index < -0.39 is 6.10 Å². The van der Waals surface area contributed by atoms with E-state index in [1.165, 1.54) is 0 Å². The predicted molar refractivity (Wildman–Crippen MR) is 61.9 cm³/mol. The first-order chi connectivity index (χ1) is 7.67. The minimum absolute atomic E-state index is 0.314. The molecule has 0 aliphatic heterocycles. The number of likely N-dealkylation sites (N-methyl/N-ethyl adjacent to an activating group) is 1. The Labute approximate surface area is 95.6 Å².